The van der Waals surface area contributed by atoms with Crippen molar-refractivity contribution in [3.05, 3.63) is 35.9 Å². The summed E-state index contributed by atoms with van der Waals surface area (Å²) < 4.78 is 0. The number of ketones is 1. The van der Waals surface area contributed by atoms with Crippen molar-refractivity contribution in [1.82, 2.24) is 21.3 Å². The van der Waals surface area contributed by atoms with Crippen molar-refractivity contribution in [3.8, 4) is 0 Å². The molecule has 0 bridgehead atoms. The average Bonchev–Trinajstić information content (AvgIpc) is 2.80. The van der Waals surface area contributed by atoms with Crippen molar-refractivity contribution in [2.75, 3.05) is 13.6 Å². The molecule has 0 fully saturated rings. The van der Waals surface area contributed by atoms with Gasteiger partial charge in [0.05, 0.1) is 5.94 Å². The monoisotopic (exact) mass is 475 g/mol. The summed E-state index contributed by atoms with van der Waals surface area (Å²) in [6.45, 7) is 4.22. The maximum absolute atomic E-state index is 12.8. The zero-order valence-electron chi connectivity index (χ0n) is 20.3. The van der Waals surface area contributed by atoms with Gasteiger partial charge >= 0.3 is 7.12 Å². The molecule has 0 aromatic heterocycles. The molecule has 2 atom stereocenters. The number of Topliss-reactive ketones (excluding diaryl/α,β-unsaturated/α-hetero) is 1. The lowest BCUT2D eigenvalue weighted by Crippen LogP contribution is -2.54. The van der Waals surface area contributed by atoms with E-state index in [2.05, 4.69) is 21.3 Å². The zero-order chi connectivity index (χ0) is 25.5. The highest BCUT2D eigenvalue weighted by molar-refractivity contribution is 6.43. The molecule has 0 aliphatic carbocycles. The molecule has 1 aromatic rings. The van der Waals surface area contributed by atoms with Crippen LogP contribution in [0.2, 0.25) is 0 Å². The number of amides is 2. The average molecular weight is 475 g/mol. The van der Waals surface area contributed by atoms with Crippen LogP contribution in [-0.4, -0.2) is 66.3 Å². The van der Waals surface area contributed by atoms with Gasteiger partial charge in [-0.3, -0.25) is 19.8 Å². The first-order valence-electron chi connectivity index (χ1n) is 11.7. The third-order valence-electron chi connectivity index (χ3n) is 5.19. The molecule has 0 heterocycles. The molecular weight excluding hydrogens is 437 g/mol. The molecule has 0 aliphatic heterocycles. The lowest BCUT2D eigenvalue weighted by molar-refractivity contribution is -0.129. The summed E-state index contributed by atoms with van der Waals surface area (Å²) in [6.07, 6.45) is 1.80. The largest absolute Gasteiger partial charge is 0.475 e. The van der Waals surface area contributed by atoms with E-state index in [1.54, 1.807) is 31.3 Å². The Morgan fingerprint density at radius 2 is 1.71 bits per heavy atom. The Bertz CT molecular complexity index is 791. The van der Waals surface area contributed by atoms with Crippen LogP contribution in [-0.2, 0) is 9.59 Å². The molecule has 0 spiro atoms. The number of nitrogens with one attached hydrogen (secondary N) is 5. The van der Waals surface area contributed by atoms with Gasteiger partial charge in [0.1, 0.15) is 6.04 Å². The lowest BCUT2D eigenvalue weighted by Gasteiger charge is -2.24. The summed E-state index contributed by atoms with van der Waals surface area (Å²) in [5, 5.41) is 37.6. The van der Waals surface area contributed by atoms with E-state index in [4.69, 9.17) is 5.41 Å². The summed E-state index contributed by atoms with van der Waals surface area (Å²) in [4.78, 5) is 37.6. The van der Waals surface area contributed by atoms with Crippen LogP contribution in [0.15, 0.2) is 30.3 Å². The minimum Gasteiger partial charge on any atom is -0.426 e. The van der Waals surface area contributed by atoms with E-state index in [0.717, 1.165) is 0 Å². The standard InChI is InChI=1S/C23H38BN5O5/c1-16(2)15-20(24(33)34)29-22(32)18(11-8-14-27-23(25)26-3)28-21(31)13-7-12-19(30)17-9-5-4-6-10-17/h4-6,9-10,16,18,20,33-34H,7-8,11-15H2,1-3H3,(H,28,31)(H,29,32)(H3,25,26,27)/t18-,20-/m0/s1. The van der Waals surface area contributed by atoms with E-state index >= 15 is 0 Å². The van der Waals surface area contributed by atoms with Gasteiger partial charge in [0.15, 0.2) is 11.7 Å². The van der Waals surface area contributed by atoms with Crippen LogP contribution >= 0.6 is 0 Å². The van der Waals surface area contributed by atoms with E-state index in [9.17, 15) is 24.4 Å². The van der Waals surface area contributed by atoms with Crippen molar-refractivity contribution in [1.29, 1.82) is 5.41 Å². The minimum absolute atomic E-state index is 0.0470. The highest BCUT2D eigenvalue weighted by Crippen LogP contribution is 2.09. The molecule has 0 saturated heterocycles. The summed E-state index contributed by atoms with van der Waals surface area (Å²) >= 11 is 0. The first kappa shape index (κ1) is 29.1. The zero-order valence-corrected chi connectivity index (χ0v) is 20.3. The van der Waals surface area contributed by atoms with Gasteiger partial charge in [-0.25, -0.2) is 0 Å². The predicted octanol–water partition coefficient (Wildman–Crippen LogP) is 0.591. The number of guanidine groups is 1. The molecule has 0 saturated carbocycles. The van der Waals surface area contributed by atoms with Crippen molar-refractivity contribution >= 4 is 30.7 Å². The van der Waals surface area contributed by atoms with Gasteiger partial charge in [-0.2, -0.15) is 0 Å². The van der Waals surface area contributed by atoms with Crippen molar-refractivity contribution in [3.63, 3.8) is 0 Å². The molecule has 1 aromatic carbocycles. The molecule has 34 heavy (non-hydrogen) atoms. The molecule has 1 rings (SSSR count). The topological polar surface area (TPSA) is 164 Å². The number of carbonyl (C=O) groups excluding carboxylic acids is 3. The van der Waals surface area contributed by atoms with Crippen LogP contribution in [0.4, 0.5) is 0 Å². The Balaban J connectivity index is 2.66. The Labute approximate surface area is 201 Å². The predicted molar refractivity (Wildman–Crippen MR) is 132 cm³/mol. The van der Waals surface area contributed by atoms with Crippen LogP contribution in [0.5, 0.6) is 0 Å². The van der Waals surface area contributed by atoms with Crippen molar-refractivity contribution < 1.29 is 24.4 Å². The van der Waals surface area contributed by atoms with Crippen LogP contribution in [0, 0.1) is 11.3 Å². The molecule has 11 heteroatoms. The van der Waals surface area contributed by atoms with Gasteiger partial charge in [-0.05, 0) is 31.6 Å². The fraction of sp³-hybridized carbons (Fsp3) is 0.565. The highest BCUT2D eigenvalue weighted by atomic mass is 16.4. The molecular formula is C23H38BN5O5. The van der Waals surface area contributed by atoms with Gasteiger partial charge in [0.25, 0.3) is 0 Å². The Hall–Kier alpha value is -2.92. The van der Waals surface area contributed by atoms with E-state index in [1.807, 2.05) is 19.9 Å². The molecule has 10 nitrogen and oxygen atoms in total. The second-order valence-corrected chi connectivity index (χ2v) is 8.62. The lowest BCUT2D eigenvalue weighted by atomic mass is 9.75. The van der Waals surface area contributed by atoms with Crippen LogP contribution in [0.3, 0.4) is 0 Å². The molecule has 0 radical (unpaired) electrons. The Kier molecular flexibility index (Phi) is 13.6. The summed E-state index contributed by atoms with van der Waals surface area (Å²) in [5.41, 5.74) is 0.596. The molecule has 0 aliphatic rings. The molecule has 7 N–H and O–H groups in total. The van der Waals surface area contributed by atoms with E-state index in [0.29, 0.717) is 37.8 Å². The summed E-state index contributed by atoms with van der Waals surface area (Å²) in [7, 11) is -0.104. The van der Waals surface area contributed by atoms with Gasteiger partial charge in [0.2, 0.25) is 11.8 Å². The Morgan fingerprint density at radius 1 is 1.03 bits per heavy atom. The summed E-state index contributed by atoms with van der Waals surface area (Å²) in [6, 6.07) is 7.98. The van der Waals surface area contributed by atoms with Gasteiger partial charge in [0, 0.05) is 32.0 Å². The molecule has 2 amide bonds. The SMILES string of the molecule is CNC(=N)NCCC[C@H](NC(=O)CCCC(=O)c1ccccc1)C(=O)N[C@@H](CC(C)C)B(O)O. The van der Waals surface area contributed by atoms with E-state index in [-0.39, 0.29) is 36.4 Å². The van der Waals surface area contributed by atoms with Crippen molar-refractivity contribution in [2.45, 2.75) is 64.4 Å². The fourth-order valence-electron chi connectivity index (χ4n) is 3.37. The first-order valence-corrected chi connectivity index (χ1v) is 11.7. The van der Waals surface area contributed by atoms with E-state index in [1.165, 1.54) is 0 Å². The van der Waals surface area contributed by atoms with Crippen LogP contribution in [0.25, 0.3) is 0 Å². The van der Waals surface area contributed by atoms with Crippen LogP contribution in [0.1, 0.15) is 62.7 Å². The number of hydrogen-bond acceptors (Lipinski definition) is 6. The second kappa shape index (κ2) is 15.8. The highest BCUT2D eigenvalue weighted by Gasteiger charge is 2.29. The molecule has 188 valence electrons. The van der Waals surface area contributed by atoms with Gasteiger partial charge in [-0.15, -0.1) is 0 Å². The second-order valence-electron chi connectivity index (χ2n) is 8.62. The normalized spacial score (nSPS) is 12.4. The van der Waals surface area contributed by atoms with E-state index < -0.39 is 25.0 Å². The first-order chi connectivity index (χ1) is 16.1. The van der Waals surface area contributed by atoms with Crippen LogP contribution < -0.4 is 21.3 Å². The smallest absolute Gasteiger partial charge is 0.426 e. The number of hydrogen-bond donors (Lipinski definition) is 7. The Morgan fingerprint density at radius 3 is 2.29 bits per heavy atom. The minimum atomic E-state index is -1.72. The van der Waals surface area contributed by atoms with Crippen molar-refractivity contribution in [2.24, 2.45) is 5.92 Å². The quantitative estimate of drug-likeness (QED) is 0.0642. The third kappa shape index (κ3) is 11.8. The van der Waals surface area contributed by atoms with Gasteiger partial charge < -0.3 is 31.3 Å². The number of rotatable bonds is 15. The summed E-state index contributed by atoms with van der Waals surface area (Å²) in [5.74, 6) is -1.49. The number of carbonyl (C=O) groups is 3. The number of benzene rings is 1. The fourth-order valence-corrected chi connectivity index (χ4v) is 3.37. The van der Waals surface area contributed by atoms with Gasteiger partial charge in [-0.1, -0.05) is 44.2 Å². The molecule has 0 unspecified atom stereocenters. The maximum atomic E-state index is 12.8. The maximum Gasteiger partial charge on any atom is 0.475 e. The third-order valence-corrected chi connectivity index (χ3v) is 5.19.